The molecule has 9 nitrogen and oxygen atoms in total. The number of hydrogen-bond donors (Lipinski definition) is 1. The normalized spacial score (nSPS) is 18.0. The Morgan fingerprint density at radius 2 is 1.90 bits per heavy atom. The minimum absolute atomic E-state index is 0.0439. The third kappa shape index (κ3) is 5.77. The van der Waals surface area contributed by atoms with E-state index in [1.165, 1.54) is 0 Å². The number of unbranched alkanes of at least 4 members (excludes halogenated alkanes) is 2. The molecule has 5 rings (SSSR count). The molecule has 2 aromatic carbocycles. The number of aliphatic hydroxyl groups excluding tert-OH is 1. The van der Waals surface area contributed by atoms with E-state index in [2.05, 4.69) is 11.9 Å². The first-order valence-electron chi connectivity index (χ1n) is 13.4. The number of aryl methyl sites for hydroxylation is 1. The van der Waals surface area contributed by atoms with Crippen LogP contribution in [0.3, 0.4) is 0 Å². The average Bonchev–Trinajstić information content (AvgIpc) is 3.57. The molecule has 2 aliphatic rings. The molecule has 0 spiro atoms. The molecule has 0 radical (unpaired) electrons. The van der Waals surface area contributed by atoms with E-state index in [1.54, 1.807) is 35.6 Å². The fraction of sp³-hybridized carbons (Fsp3) is 0.367. The highest BCUT2D eigenvalue weighted by molar-refractivity contribution is 6.46. The number of fused-ring (bicyclic) bond motifs is 1. The van der Waals surface area contributed by atoms with Crippen LogP contribution in [0.1, 0.15) is 49.8 Å². The molecule has 0 aliphatic carbocycles. The highest BCUT2D eigenvalue weighted by Crippen LogP contribution is 2.41. The smallest absolute Gasteiger partial charge is 0.295 e. The molecule has 1 aromatic heterocycles. The van der Waals surface area contributed by atoms with Gasteiger partial charge in [0.25, 0.3) is 11.7 Å². The molecule has 1 amide bonds. The summed E-state index contributed by atoms with van der Waals surface area (Å²) in [7, 11) is 0. The number of amides is 1. The number of hydrogen-bond acceptors (Lipinski definition) is 7. The van der Waals surface area contributed by atoms with Crippen molar-refractivity contribution in [3.8, 4) is 17.2 Å². The fourth-order valence-electron chi connectivity index (χ4n) is 4.96. The Morgan fingerprint density at radius 3 is 2.69 bits per heavy atom. The van der Waals surface area contributed by atoms with Gasteiger partial charge in [0, 0.05) is 31.0 Å². The van der Waals surface area contributed by atoms with E-state index in [0.717, 1.165) is 19.3 Å². The fourth-order valence-corrected chi connectivity index (χ4v) is 4.96. The second kappa shape index (κ2) is 12.1. The predicted octanol–water partition coefficient (Wildman–Crippen LogP) is 4.74. The summed E-state index contributed by atoms with van der Waals surface area (Å²) in [6.45, 7) is 4.52. The molecular formula is C30H33N3O6. The molecule has 1 unspecified atom stereocenters. The number of nitrogens with zero attached hydrogens (tertiary/aromatic N) is 3. The van der Waals surface area contributed by atoms with Crippen LogP contribution in [0, 0.1) is 0 Å². The third-order valence-corrected chi connectivity index (χ3v) is 6.92. The van der Waals surface area contributed by atoms with Crippen LogP contribution in [0.2, 0.25) is 0 Å². The van der Waals surface area contributed by atoms with Crippen LogP contribution in [0.25, 0.3) is 5.76 Å². The summed E-state index contributed by atoms with van der Waals surface area (Å²) in [5.41, 5.74) is 1.12. The molecule has 1 N–H and O–H groups in total. The summed E-state index contributed by atoms with van der Waals surface area (Å²) in [4.78, 5) is 32.3. The van der Waals surface area contributed by atoms with Gasteiger partial charge < -0.3 is 28.8 Å². The molecule has 1 saturated heterocycles. The quantitative estimate of drug-likeness (QED) is 0.165. The second-order valence-corrected chi connectivity index (χ2v) is 9.63. The minimum atomic E-state index is -0.764. The Balaban J connectivity index is 1.49. The summed E-state index contributed by atoms with van der Waals surface area (Å²) in [5.74, 6) is 0.109. The van der Waals surface area contributed by atoms with Crippen molar-refractivity contribution in [1.29, 1.82) is 0 Å². The largest absolute Gasteiger partial charge is 0.507 e. The van der Waals surface area contributed by atoms with Gasteiger partial charge in [-0.2, -0.15) is 0 Å². The van der Waals surface area contributed by atoms with Gasteiger partial charge in [-0.25, -0.2) is 4.98 Å². The predicted molar refractivity (Wildman–Crippen MR) is 145 cm³/mol. The maximum atomic E-state index is 13.4. The number of benzene rings is 2. The molecule has 1 fully saturated rings. The van der Waals surface area contributed by atoms with Crippen molar-refractivity contribution in [2.45, 2.75) is 45.2 Å². The number of likely N-dealkylation sites (tertiary alicyclic amines) is 1. The van der Waals surface area contributed by atoms with Gasteiger partial charge in [0.2, 0.25) is 0 Å². The lowest BCUT2D eigenvalue weighted by Gasteiger charge is -2.26. The van der Waals surface area contributed by atoms with E-state index in [-0.39, 0.29) is 11.3 Å². The van der Waals surface area contributed by atoms with Gasteiger partial charge in [-0.05, 0) is 48.7 Å². The highest BCUT2D eigenvalue weighted by Gasteiger charge is 2.46. The molecule has 39 heavy (non-hydrogen) atoms. The first-order valence-corrected chi connectivity index (χ1v) is 13.4. The van der Waals surface area contributed by atoms with Crippen molar-refractivity contribution < 1.29 is 28.9 Å². The van der Waals surface area contributed by atoms with Crippen molar-refractivity contribution in [1.82, 2.24) is 14.5 Å². The van der Waals surface area contributed by atoms with Crippen LogP contribution < -0.4 is 14.2 Å². The van der Waals surface area contributed by atoms with E-state index in [0.29, 0.717) is 67.7 Å². The van der Waals surface area contributed by atoms with Gasteiger partial charge in [0.1, 0.15) is 24.7 Å². The Bertz CT molecular complexity index is 1350. The maximum Gasteiger partial charge on any atom is 0.295 e. The van der Waals surface area contributed by atoms with Crippen LogP contribution in [-0.2, 0) is 16.1 Å². The SMILES string of the molecule is CCCCCOc1cccc(C2C(=C(O)c3ccc4c(c3)OCCO4)C(=O)C(=O)N2CCCn2ccnc2)c1. The topological polar surface area (TPSA) is 103 Å². The first-order chi connectivity index (χ1) is 19.1. The zero-order valence-corrected chi connectivity index (χ0v) is 22.0. The molecule has 3 heterocycles. The van der Waals surface area contributed by atoms with Crippen molar-refractivity contribution in [3.63, 3.8) is 0 Å². The van der Waals surface area contributed by atoms with E-state index >= 15 is 0 Å². The van der Waals surface area contributed by atoms with Crippen LogP contribution in [0.4, 0.5) is 0 Å². The van der Waals surface area contributed by atoms with Gasteiger partial charge in [-0.15, -0.1) is 0 Å². The number of carbonyl (C=O) groups is 2. The van der Waals surface area contributed by atoms with Crippen molar-refractivity contribution in [2.75, 3.05) is 26.4 Å². The number of rotatable bonds is 11. The van der Waals surface area contributed by atoms with E-state index in [9.17, 15) is 14.7 Å². The van der Waals surface area contributed by atoms with Gasteiger partial charge in [0.05, 0.1) is 24.5 Å². The minimum Gasteiger partial charge on any atom is -0.507 e. The highest BCUT2D eigenvalue weighted by atomic mass is 16.6. The molecule has 0 saturated carbocycles. The van der Waals surface area contributed by atoms with Crippen LogP contribution in [0.5, 0.6) is 17.2 Å². The summed E-state index contributed by atoms with van der Waals surface area (Å²) in [5, 5.41) is 11.4. The maximum absolute atomic E-state index is 13.4. The lowest BCUT2D eigenvalue weighted by Crippen LogP contribution is -2.31. The molecule has 1 atom stereocenters. The van der Waals surface area contributed by atoms with Gasteiger partial charge in [-0.1, -0.05) is 31.9 Å². The number of ketones is 1. The van der Waals surface area contributed by atoms with Crippen molar-refractivity contribution >= 4 is 17.4 Å². The third-order valence-electron chi connectivity index (χ3n) is 6.92. The van der Waals surface area contributed by atoms with Gasteiger partial charge in [-0.3, -0.25) is 9.59 Å². The number of carbonyl (C=O) groups excluding carboxylic acids is 2. The van der Waals surface area contributed by atoms with Crippen molar-refractivity contribution in [3.05, 3.63) is 77.9 Å². The van der Waals surface area contributed by atoms with E-state index < -0.39 is 17.7 Å². The summed E-state index contributed by atoms with van der Waals surface area (Å²) >= 11 is 0. The van der Waals surface area contributed by atoms with Gasteiger partial charge >= 0.3 is 0 Å². The molecule has 9 heteroatoms. The Morgan fingerprint density at radius 1 is 1.05 bits per heavy atom. The number of imidazole rings is 1. The van der Waals surface area contributed by atoms with Crippen LogP contribution in [0.15, 0.2) is 66.8 Å². The van der Waals surface area contributed by atoms with E-state index in [1.807, 2.05) is 35.0 Å². The lowest BCUT2D eigenvalue weighted by molar-refractivity contribution is -0.139. The van der Waals surface area contributed by atoms with Gasteiger partial charge in [0.15, 0.2) is 11.5 Å². The monoisotopic (exact) mass is 531 g/mol. The van der Waals surface area contributed by atoms with Crippen LogP contribution in [-0.4, -0.2) is 57.6 Å². The van der Waals surface area contributed by atoms with Crippen LogP contribution >= 0.6 is 0 Å². The number of aliphatic hydroxyl groups is 1. The zero-order chi connectivity index (χ0) is 27.2. The second-order valence-electron chi connectivity index (χ2n) is 9.63. The molecule has 2 aliphatic heterocycles. The van der Waals surface area contributed by atoms with Crippen molar-refractivity contribution in [2.24, 2.45) is 0 Å². The standard InChI is InChI=1S/C30H33N3O6/c1-2-3-4-15-37-23-8-5-7-21(18-23)27-26(28(34)22-9-10-24-25(19-22)39-17-16-38-24)29(35)30(36)33(27)13-6-12-32-14-11-31-20-32/h5,7-11,14,18-20,27,34H,2-4,6,12-13,15-17H2,1H3. The Hall–Kier alpha value is -4.27. The van der Waals surface area contributed by atoms with E-state index in [4.69, 9.17) is 14.2 Å². The summed E-state index contributed by atoms with van der Waals surface area (Å²) in [6, 6.07) is 11.7. The Kier molecular flexibility index (Phi) is 8.15. The average molecular weight is 532 g/mol. The number of Topliss-reactive ketones (excluding diaryl/α,β-unsaturated/α-hetero) is 1. The molecular weight excluding hydrogens is 498 g/mol. The molecule has 204 valence electrons. The molecule has 0 bridgehead atoms. The number of aromatic nitrogens is 2. The number of ether oxygens (including phenoxy) is 3. The molecule has 3 aromatic rings. The summed E-state index contributed by atoms with van der Waals surface area (Å²) < 4.78 is 19.1. The summed E-state index contributed by atoms with van der Waals surface area (Å²) in [6.07, 6.45) is 8.99. The lowest BCUT2D eigenvalue weighted by atomic mass is 9.95. The Labute approximate surface area is 227 Å². The zero-order valence-electron chi connectivity index (χ0n) is 22.0. The first kappa shape index (κ1) is 26.3.